The second-order valence-corrected chi connectivity index (χ2v) is 9.96. The number of hydrogen-bond donors (Lipinski definition) is 1. The maximum Gasteiger partial charge on any atom is 0.255 e. The summed E-state index contributed by atoms with van der Waals surface area (Å²) in [5, 5.41) is 1.16. The highest BCUT2D eigenvalue weighted by molar-refractivity contribution is 9.10. The molecule has 0 saturated carbocycles. The van der Waals surface area contributed by atoms with E-state index in [2.05, 4.69) is 57.3 Å². The van der Waals surface area contributed by atoms with Crippen LogP contribution in [0.3, 0.4) is 0 Å². The normalized spacial score (nSPS) is 11.0. The van der Waals surface area contributed by atoms with Gasteiger partial charge in [-0.2, -0.15) is 0 Å². The second kappa shape index (κ2) is 12.7. The van der Waals surface area contributed by atoms with Crippen LogP contribution in [-0.2, 0) is 22.5 Å². The summed E-state index contributed by atoms with van der Waals surface area (Å²) in [6.07, 6.45) is 2.72. The number of amides is 2. The van der Waals surface area contributed by atoms with Crippen LogP contribution >= 0.6 is 15.9 Å². The Hall–Kier alpha value is -3.42. The van der Waals surface area contributed by atoms with Gasteiger partial charge >= 0.3 is 0 Å². The number of ether oxygens (including phenoxy) is 1. The molecule has 0 aliphatic heterocycles. The summed E-state index contributed by atoms with van der Waals surface area (Å²) >= 11 is 3.47. The minimum atomic E-state index is -0.204. The lowest BCUT2D eigenvalue weighted by Crippen LogP contribution is -2.44. The zero-order chi connectivity index (χ0) is 26.2. The number of aromatic nitrogens is 1. The molecule has 1 aromatic heterocycles. The van der Waals surface area contributed by atoms with Crippen molar-refractivity contribution in [2.45, 2.75) is 19.9 Å². The number of fused-ring (bicyclic) bond motifs is 1. The molecule has 0 atom stereocenters. The molecule has 1 heterocycles. The summed E-state index contributed by atoms with van der Waals surface area (Å²) in [7, 11) is 1.59. The number of H-pyrrole nitrogens is 1. The molecule has 0 aliphatic rings. The number of aromatic amines is 1. The molecule has 37 heavy (non-hydrogen) atoms. The van der Waals surface area contributed by atoms with E-state index in [9.17, 15) is 9.59 Å². The molecule has 4 aromatic rings. The molecule has 0 saturated heterocycles. The average Bonchev–Trinajstić information content (AvgIpc) is 3.33. The van der Waals surface area contributed by atoms with Gasteiger partial charge in [0.1, 0.15) is 6.54 Å². The molecule has 0 radical (unpaired) electrons. The van der Waals surface area contributed by atoms with Crippen LogP contribution in [0, 0.1) is 6.92 Å². The number of halogens is 1. The molecule has 1 N–H and O–H groups in total. The first-order chi connectivity index (χ1) is 18.0. The first-order valence-corrected chi connectivity index (χ1v) is 13.2. The fourth-order valence-corrected chi connectivity index (χ4v) is 4.78. The zero-order valence-electron chi connectivity index (χ0n) is 21.2. The molecule has 6 nitrogen and oxygen atoms in total. The van der Waals surface area contributed by atoms with Crippen LogP contribution in [0.15, 0.2) is 83.5 Å². The topological polar surface area (TPSA) is 65.6 Å². The number of carbonyl (C=O) groups excluding carboxylic acids is 2. The molecule has 0 bridgehead atoms. The molecule has 0 unspecified atom stereocenters. The fourth-order valence-electron chi connectivity index (χ4n) is 4.32. The number of carbonyl (C=O) groups is 2. The quantitative estimate of drug-likeness (QED) is 0.259. The monoisotopic (exact) mass is 561 g/mol. The fraction of sp³-hybridized carbons (Fsp3) is 0.267. The number of nitrogens with one attached hydrogen (secondary N) is 1. The van der Waals surface area contributed by atoms with E-state index >= 15 is 0 Å². The molecule has 0 aliphatic carbocycles. The molecule has 0 spiro atoms. The van der Waals surface area contributed by atoms with Crippen LogP contribution in [0.25, 0.3) is 10.9 Å². The maximum atomic E-state index is 13.7. The van der Waals surface area contributed by atoms with Crippen molar-refractivity contribution < 1.29 is 14.3 Å². The van der Waals surface area contributed by atoms with E-state index in [0.717, 1.165) is 22.0 Å². The van der Waals surface area contributed by atoms with Crippen LogP contribution in [0.4, 0.5) is 0 Å². The van der Waals surface area contributed by atoms with Gasteiger partial charge in [0.15, 0.2) is 0 Å². The predicted molar refractivity (Wildman–Crippen MR) is 151 cm³/mol. The largest absolute Gasteiger partial charge is 0.383 e. The third kappa shape index (κ3) is 6.87. The third-order valence-corrected chi connectivity index (χ3v) is 7.15. The van der Waals surface area contributed by atoms with Crippen molar-refractivity contribution in [1.29, 1.82) is 0 Å². The molecule has 7 heteroatoms. The van der Waals surface area contributed by atoms with E-state index in [4.69, 9.17) is 4.74 Å². The molecule has 3 aromatic carbocycles. The Morgan fingerprint density at radius 2 is 1.65 bits per heavy atom. The lowest BCUT2D eigenvalue weighted by Gasteiger charge is -2.28. The van der Waals surface area contributed by atoms with Crippen molar-refractivity contribution in [2.75, 3.05) is 33.4 Å². The summed E-state index contributed by atoms with van der Waals surface area (Å²) in [5.41, 5.74) is 5.00. The van der Waals surface area contributed by atoms with Gasteiger partial charge in [-0.25, -0.2) is 0 Å². The molecule has 192 valence electrons. The first kappa shape index (κ1) is 26.6. The van der Waals surface area contributed by atoms with Gasteiger partial charge in [0.05, 0.1) is 12.2 Å². The summed E-state index contributed by atoms with van der Waals surface area (Å²) < 4.78 is 5.94. The second-order valence-electron chi connectivity index (χ2n) is 9.11. The number of benzene rings is 3. The predicted octanol–water partition coefficient (Wildman–Crippen LogP) is 5.60. The average molecular weight is 563 g/mol. The highest BCUT2D eigenvalue weighted by atomic mass is 79.9. The van der Waals surface area contributed by atoms with E-state index in [0.29, 0.717) is 42.7 Å². The molecule has 4 rings (SSSR count). The van der Waals surface area contributed by atoms with Gasteiger partial charge in [-0.1, -0.05) is 60.2 Å². The zero-order valence-corrected chi connectivity index (χ0v) is 22.8. The van der Waals surface area contributed by atoms with E-state index in [1.165, 1.54) is 5.56 Å². The van der Waals surface area contributed by atoms with Crippen molar-refractivity contribution in [2.24, 2.45) is 0 Å². The molecular weight excluding hydrogens is 530 g/mol. The summed E-state index contributed by atoms with van der Waals surface area (Å²) in [4.78, 5) is 33.8. The third-order valence-electron chi connectivity index (χ3n) is 6.46. The molecular formula is C30H32BrN3O3. The van der Waals surface area contributed by atoms with Crippen LogP contribution in [-0.4, -0.2) is 59.9 Å². The number of rotatable bonds is 11. The first-order valence-electron chi connectivity index (χ1n) is 12.4. The minimum absolute atomic E-state index is 0.0245. The Bertz CT molecular complexity index is 1350. The number of methoxy groups -OCH3 is 1. The van der Waals surface area contributed by atoms with Gasteiger partial charge in [0.2, 0.25) is 5.91 Å². The Kier molecular flexibility index (Phi) is 9.14. The van der Waals surface area contributed by atoms with Crippen LogP contribution in [0.5, 0.6) is 0 Å². The highest BCUT2D eigenvalue weighted by Crippen LogP contribution is 2.20. The number of hydrogen-bond acceptors (Lipinski definition) is 3. The van der Waals surface area contributed by atoms with Crippen molar-refractivity contribution in [1.82, 2.24) is 14.8 Å². The van der Waals surface area contributed by atoms with E-state index in [1.54, 1.807) is 18.1 Å². The lowest BCUT2D eigenvalue weighted by molar-refractivity contribution is -0.132. The van der Waals surface area contributed by atoms with Crippen molar-refractivity contribution in [3.63, 3.8) is 0 Å². The summed E-state index contributed by atoms with van der Waals surface area (Å²) in [5.74, 6) is -0.304. The van der Waals surface area contributed by atoms with Gasteiger partial charge in [-0.15, -0.1) is 0 Å². The van der Waals surface area contributed by atoms with Crippen molar-refractivity contribution in [3.05, 3.63) is 106 Å². The Morgan fingerprint density at radius 3 is 2.41 bits per heavy atom. The van der Waals surface area contributed by atoms with Gasteiger partial charge in [-0.05, 0) is 58.6 Å². The Morgan fingerprint density at radius 1 is 0.919 bits per heavy atom. The van der Waals surface area contributed by atoms with E-state index < -0.39 is 0 Å². The smallest absolute Gasteiger partial charge is 0.255 e. The SMILES string of the molecule is COCCN(CC(=O)N(CCc1c[nH]c2ccccc12)Cc1ccc(C)cc1)C(=O)c1ccccc1Br. The number of aryl methyl sites for hydroxylation is 1. The Labute approximate surface area is 226 Å². The van der Waals surface area contributed by atoms with Crippen molar-refractivity contribution >= 4 is 38.6 Å². The van der Waals surface area contributed by atoms with Gasteiger partial charge in [0, 0.05) is 48.3 Å². The van der Waals surface area contributed by atoms with Gasteiger partial charge < -0.3 is 19.5 Å². The lowest BCUT2D eigenvalue weighted by atomic mass is 10.1. The van der Waals surface area contributed by atoms with Crippen molar-refractivity contribution in [3.8, 4) is 0 Å². The van der Waals surface area contributed by atoms with Gasteiger partial charge in [0.25, 0.3) is 5.91 Å². The number of nitrogens with zero attached hydrogens (tertiary/aromatic N) is 2. The minimum Gasteiger partial charge on any atom is -0.383 e. The number of para-hydroxylation sites is 1. The molecule has 0 fully saturated rings. The van der Waals surface area contributed by atoms with Crippen LogP contribution in [0.1, 0.15) is 27.0 Å². The van der Waals surface area contributed by atoms with Gasteiger partial charge in [-0.3, -0.25) is 9.59 Å². The van der Waals surface area contributed by atoms with E-state index in [-0.39, 0.29) is 18.4 Å². The maximum absolute atomic E-state index is 13.7. The highest BCUT2D eigenvalue weighted by Gasteiger charge is 2.24. The summed E-state index contributed by atoms with van der Waals surface area (Å²) in [6.45, 7) is 3.70. The van der Waals surface area contributed by atoms with Crippen LogP contribution < -0.4 is 0 Å². The standard InChI is InChI=1S/C30H32BrN3O3/c1-22-11-13-23(14-12-22)20-33(16-15-24-19-32-28-10-6-4-7-25(24)28)29(35)21-34(17-18-37-2)30(36)26-8-3-5-9-27(26)31/h3-14,19,32H,15-18,20-21H2,1-2H3. The molecule has 2 amide bonds. The van der Waals surface area contributed by atoms with E-state index in [1.807, 2.05) is 48.4 Å². The van der Waals surface area contributed by atoms with Crippen LogP contribution in [0.2, 0.25) is 0 Å². The Balaban J connectivity index is 1.55. The summed E-state index contributed by atoms with van der Waals surface area (Å²) in [6, 6.07) is 23.7.